The van der Waals surface area contributed by atoms with Crippen molar-refractivity contribution >= 4 is 11.9 Å². The molecule has 0 saturated carbocycles. The maximum Gasteiger partial charge on any atom is 0.311 e. The summed E-state index contributed by atoms with van der Waals surface area (Å²) in [5, 5.41) is 9.36. The molecule has 1 unspecified atom stereocenters. The number of carbonyl (C=O) groups is 2. The van der Waals surface area contributed by atoms with Gasteiger partial charge >= 0.3 is 5.97 Å². The maximum atomic E-state index is 12.6. The standard InChI is InChI=1S/C14H26N2O3/c1-6-14(11(18)19)7-8-16(9-14)10(17)12(2,3)13(4,5)15/h6-9,15H2,1-5H3,(H,18,19). The molecule has 1 aliphatic rings. The van der Waals surface area contributed by atoms with Crippen LogP contribution in [-0.2, 0) is 9.59 Å². The van der Waals surface area contributed by atoms with Crippen molar-refractivity contribution in [1.29, 1.82) is 0 Å². The van der Waals surface area contributed by atoms with Gasteiger partial charge < -0.3 is 15.7 Å². The van der Waals surface area contributed by atoms with Gasteiger partial charge in [-0.3, -0.25) is 9.59 Å². The van der Waals surface area contributed by atoms with Gasteiger partial charge in [0.15, 0.2) is 0 Å². The fraction of sp³-hybridized carbons (Fsp3) is 0.857. The molecule has 1 fully saturated rings. The molecule has 0 bridgehead atoms. The van der Waals surface area contributed by atoms with Gasteiger partial charge in [-0.25, -0.2) is 0 Å². The first-order chi connectivity index (χ1) is 8.48. The normalized spacial score (nSPS) is 24.6. The van der Waals surface area contributed by atoms with Crippen LogP contribution in [0.3, 0.4) is 0 Å². The molecule has 0 aromatic heterocycles. The van der Waals surface area contributed by atoms with Crippen LogP contribution in [0.5, 0.6) is 0 Å². The van der Waals surface area contributed by atoms with Crippen LogP contribution >= 0.6 is 0 Å². The number of carboxylic acids is 1. The third-order valence-electron chi connectivity index (χ3n) is 4.92. The summed E-state index contributed by atoms with van der Waals surface area (Å²) in [5.74, 6) is -0.869. The monoisotopic (exact) mass is 270 g/mol. The van der Waals surface area contributed by atoms with E-state index in [1.807, 2.05) is 34.6 Å². The summed E-state index contributed by atoms with van der Waals surface area (Å²) >= 11 is 0. The Morgan fingerprint density at radius 1 is 1.32 bits per heavy atom. The molecule has 1 aliphatic heterocycles. The Hall–Kier alpha value is -1.10. The highest BCUT2D eigenvalue weighted by Gasteiger charge is 2.49. The van der Waals surface area contributed by atoms with E-state index in [0.29, 0.717) is 19.4 Å². The van der Waals surface area contributed by atoms with Crippen LogP contribution in [0.4, 0.5) is 0 Å². The molecule has 1 heterocycles. The first kappa shape index (κ1) is 16.0. The van der Waals surface area contributed by atoms with Gasteiger partial charge in [-0.05, 0) is 40.5 Å². The average molecular weight is 270 g/mol. The number of hydrogen-bond acceptors (Lipinski definition) is 3. The maximum absolute atomic E-state index is 12.6. The van der Waals surface area contributed by atoms with Crippen molar-refractivity contribution < 1.29 is 14.7 Å². The van der Waals surface area contributed by atoms with Crippen molar-refractivity contribution in [3.63, 3.8) is 0 Å². The second kappa shape index (κ2) is 4.78. The third-order valence-corrected chi connectivity index (χ3v) is 4.92. The summed E-state index contributed by atoms with van der Waals surface area (Å²) in [6.07, 6.45) is 1.06. The topological polar surface area (TPSA) is 83.6 Å². The second-order valence-corrected chi connectivity index (χ2v) is 6.76. The molecule has 0 spiro atoms. The largest absolute Gasteiger partial charge is 0.481 e. The number of hydrogen-bond donors (Lipinski definition) is 2. The molecular weight excluding hydrogens is 244 g/mol. The Kier molecular flexibility index (Phi) is 4.01. The molecule has 1 rings (SSSR count). The molecule has 1 amide bonds. The molecule has 1 saturated heterocycles. The van der Waals surface area contributed by atoms with Gasteiger partial charge in [0.25, 0.3) is 0 Å². The third kappa shape index (κ3) is 2.61. The molecule has 19 heavy (non-hydrogen) atoms. The van der Waals surface area contributed by atoms with E-state index >= 15 is 0 Å². The van der Waals surface area contributed by atoms with Crippen LogP contribution in [0.15, 0.2) is 0 Å². The van der Waals surface area contributed by atoms with Crippen LogP contribution in [0.2, 0.25) is 0 Å². The van der Waals surface area contributed by atoms with Crippen LogP contribution in [0.1, 0.15) is 47.5 Å². The van der Waals surface area contributed by atoms with Crippen LogP contribution in [0, 0.1) is 10.8 Å². The fourth-order valence-electron chi connectivity index (χ4n) is 2.33. The Labute approximate surface area is 115 Å². The molecule has 3 N–H and O–H groups in total. The molecular formula is C14H26N2O3. The Morgan fingerprint density at radius 3 is 2.16 bits per heavy atom. The molecule has 5 heteroatoms. The second-order valence-electron chi connectivity index (χ2n) is 6.76. The smallest absolute Gasteiger partial charge is 0.311 e. The van der Waals surface area contributed by atoms with E-state index in [1.165, 1.54) is 0 Å². The quantitative estimate of drug-likeness (QED) is 0.810. The minimum Gasteiger partial charge on any atom is -0.481 e. The zero-order valence-corrected chi connectivity index (χ0v) is 12.6. The highest BCUT2D eigenvalue weighted by atomic mass is 16.4. The lowest BCUT2D eigenvalue weighted by molar-refractivity contribution is -0.149. The molecule has 5 nitrogen and oxygen atoms in total. The fourth-order valence-corrected chi connectivity index (χ4v) is 2.33. The zero-order chi connectivity index (χ0) is 15.1. The van der Waals surface area contributed by atoms with Crippen molar-refractivity contribution in [3.05, 3.63) is 0 Å². The van der Waals surface area contributed by atoms with Gasteiger partial charge in [0, 0.05) is 18.6 Å². The van der Waals surface area contributed by atoms with E-state index in [4.69, 9.17) is 5.73 Å². The predicted octanol–water partition coefficient (Wildman–Crippen LogP) is 1.46. The molecule has 1 atom stereocenters. The van der Waals surface area contributed by atoms with Crippen LogP contribution in [-0.4, -0.2) is 40.5 Å². The lowest BCUT2D eigenvalue weighted by Crippen LogP contribution is -2.56. The van der Waals surface area contributed by atoms with E-state index < -0.39 is 22.3 Å². The Morgan fingerprint density at radius 2 is 1.84 bits per heavy atom. The van der Waals surface area contributed by atoms with Gasteiger partial charge in [0.05, 0.1) is 10.8 Å². The molecule has 0 aromatic rings. The summed E-state index contributed by atoms with van der Waals surface area (Å²) < 4.78 is 0. The van der Waals surface area contributed by atoms with Crippen LogP contribution < -0.4 is 5.73 Å². The van der Waals surface area contributed by atoms with Gasteiger partial charge in [-0.2, -0.15) is 0 Å². The number of likely N-dealkylation sites (tertiary alicyclic amines) is 1. The number of nitrogens with two attached hydrogens (primary N) is 1. The van der Waals surface area contributed by atoms with Crippen molar-refractivity contribution in [1.82, 2.24) is 4.90 Å². The zero-order valence-electron chi connectivity index (χ0n) is 12.6. The SMILES string of the molecule is CCC1(C(=O)O)CCN(C(=O)C(C)(C)C(C)(C)N)C1. The highest BCUT2D eigenvalue weighted by Crippen LogP contribution is 2.38. The van der Waals surface area contributed by atoms with E-state index in [1.54, 1.807) is 4.90 Å². The van der Waals surface area contributed by atoms with Gasteiger partial charge in [0.1, 0.15) is 0 Å². The lowest BCUT2D eigenvalue weighted by Gasteiger charge is -2.40. The number of rotatable bonds is 4. The first-order valence-corrected chi connectivity index (χ1v) is 6.79. The number of aliphatic carboxylic acids is 1. The first-order valence-electron chi connectivity index (χ1n) is 6.79. The van der Waals surface area contributed by atoms with Crippen molar-refractivity contribution in [2.45, 2.75) is 53.0 Å². The minimum absolute atomic E-state index is 0.0587. The number of carboxylic acid groups (broad SMARTS) is 1. The Balaban J connectivity index is 2.92. The van der Waals surface area contributed by atoms with Gasteiger partial charge in [-0.1, -0.05) is 6.92 Å². The number of carbonyl (C=O) groups excluding carboxylic acids is 1. The predicted molar refractivity (Wildman–Crippen MR) is 73.6 cm³/mol. The van der Waals surface area contributed by atoms with E-state index in [0.717, 1.165) is 0 Å². The molecule has 0 aliphatic carbocycles. The highest BCUT2D eigenvalue weighted by molar-refractivity contribution is 5.85. The van der Waals surface area contributed by atoms with E-state index in [2.05, 4.69) is 0 Å². The molecule has 110 valence electrons. The molecule has 0 radical (unpaired) electrons. The average Bonchev–Trinajstić information content (AvgIpc) is 2.71. The van der Waals surface area contributed by atoms with Crippen LogP contribution in [0.25, 0.3) is 0 Å². The lowest BCUT2D eigenvalue weighted by atomic mass is 9.74. The van der Waals surface area contributed by atoms with Gasteiger partial charge in [-0.15, -0.1) is 0 Å². The van der Waals surface area contributed by atoms with E-state index in [-0.39, 0.29) is 12.5 Å². The van der Waals surface area contributed by atoms with Crippen molar-refractivity contribution in [2.24, 2.45) is 16.6 Å². The summed E-state index contributed by atoms with van der Waals surface area (Å²) in [4.78, 5) is 25.7. The van der Waals surface area contributed by atoms with Crippen molar-refractivity contribution in [3.8, 4) is 0 Å². The number of nitrogens with zero attached hydrogens (tertiary/aromatic N) is 1. The summed E-state index contributed by atoms with van der Waals surface area (Å²) in [6, 6.07) is 0. The minimum atomic E-state index is -0.810. The van der Waals surface area contributed by atoms with Gasteiger partial charge in [0.2, 0.25) is 5.91 Å². The summed E-state index contributed by atoms with van der Waals surface area (Å²) in [6.45, 7) is 9.94. The Bertz CT molecular complexity index is 385. The number of amides is 1. The summed E-state index contributed by atoms with van der Waals surface area (Å²) in [7, 11) is 0. The van der Waals surface area contributed by atoms with E-state index in [9.17, 15) is 14.7 Å². The van der Waals surface area contributed by atoms with Crippen molar-refractivity contribution in [2.75, 3.05) is 13.1 Å². The molecule has 0 aromatic carbocycles. The summed E-state index contributed by atoms with van der Waals surface area (Å²) in [5.41, 5.74) is 3.93.